The topological polar surface area (TPSA) is 3.24 Å². The Kier molecular flexibility index (Phi) is 5.46. The molecule has 0 N–H and O–H groups in total. The molecule has 0 spiro atoms. The SMILES string of the molecule is C(=Cc1ccccc1)CN1CCC(=C2c3ccccc3C=Cc3ccccc32)CC1. The molecule has 0 bridgehead atoms. The lowest BCUT2D eigenvalue weighted by Gasteiger charge is -2.29. The molecule has 1 heteroatoms. The summed E-state index contributed by atoms with van der Waals surface area (Å²) in [5.74, 6) is 0. The Morgan fingerprint density at radius 1 is 0.667 bits per heavy atom. The number of piperidine rings is 1. The lowest BCUT2D eigenvalue weighted by molar-refractivity contribution is 0.284. The van der Waals surface area contributed by atoms with Crippen molar-refractivity contribution in [3.63, 3.8) is 0 Å². The lowest BCUT2D eigenvalue weighted by atomic mass is 9.86. The van der Waals surface area contributed by atoms with Crippen LogP contribution < -0.4 is 0 Å². The van der Waals surface area contributed by atoms with Gasteiger partial charge in [0.05, 0.1) is 0 Å². The lowest BCUT2D eigenvalue weighted by Crippen LogP contribution is -2.31. The first-order valence-corrected chi connectivity index (χ1v) is 10.9. The summed E-state index contributed by atoms with van der Waals surface area (Å²) >= 11 is 0. The van der Waals surface area contributed by atoms with E-state index in [0.29, 0.717) is 0 Å². The van der Waals surface area contributed by atoms with Gasteiger partial charge in [-0.3, -0.25) is 4.90 Å². The second-order valence-electron chi connectivity index (χ2n) is 8.10. The number of likely N-dealkylation sites (tertiary alicyclic amines) is 1. The van der Waals surface area contributed by atoms with Crippen molar-refractivity contribution >= 4 is 23.8 Å². The van der Waals surface area contributed by atoms with Gasteiger partial charge in [-0.15, -0.1) is 0 Å². The molecule has 1 aliphatic carbocycles. The van der Waals surface area contributed by atoms with Gasteiger partial charge in [-0.2, -0.15) is 0 Å². The van der Waals surface area contributed by atoms with Gasteiger partial charge in [-0.1, -0.05) is 109 Å². The van der Waals surface area contributed by atoms with Crippen LogP contribution in [0.4, 0.5) is 0 Å². The summed E-state index contributed by atoms with van der Waals surface area (Å²) in [5, 5.41) is 0. The molecule has 0 radical (unpaired) electrons. The van der Waals surface area contributed by atoms with Crippen molar-refractivity contribution in [1.29, 1.82) is 0 Å². The minimum atomic E-state index is 1.02. The number of nitrogens with zero attached hydrogens (tertiary/aromatic N) is 1. The highest BCUT2D eigenvalue weighted by Gasteiger charge is 2.21. The molecule has 0 unspecified atom stereocenters. The van der Waals surface area contributed by atoms with Crippen LogP contribution in [0.5, 0.6) is 0 Å². The molecule has 0 saturated carbocycles. The third kappa shape index (κ3) is 3.94. The standard InChI is InChI=1S/C29H27N/c1-2-9-23(10-3-1)11-8-20-30-21-18-26(19-22-30)29-27-14-6-4-12-24(27)16-17-25-13-5-7-15-28(25)29/h1-17H,18-22H2. The Morgan fingerprint density at radius 3 is 1.87 bits per heavy atom. The van der Waals surface area contributed by atoms with Crippen LogP contribution in [0.25, 0.3) is 23.8 Å². The number of benzene rings is 3. The first-order chi connectivity index (χ1) is 14.9. The molecule has 1 saturated heterocycles. The van der Waals surface area contributed by atoms with Crippen LogP contribution in [0, 0.1) is 0 Å². The molecule has 1 nitrogen and oxygen atoms in total. The zero-order valence-corrected chi connectivity index (χ0v) is 17.3. The van der Waals surface area contributed by atoms with Crippen molar-refractivity contribution in [1.82, 2.24) is 4.90 Å². The molecule has 1 aliphatic heterocycles. The van der Waals surface area contributed by atoms with E-state index in [1.165, 1.54) is 33.4 Å². The average Bonchev–Trinajstić information content (AvgIpc) is 2.97. The van der Waals surface area contributed by atoms with E-state index in [9.17, 15) is 0 Å². The summed E-state index contributed by atoms with van der Waals surface area (Å²) in [6, 6.07) is 28.3. The maximum Gasteiger partial charge on any atom is 0.0166 e. The van der Waals surface area contributed by atoms with Gasteiger partial charge in [-0.05, 0) is 46.2 Å². The predicted molar refractivity (Wildman–Crippen MR) is 129 cm³/mol. The molecule has 30 heavy (non-hydrogen) atoms. The second kappa shape index (κ2) is 8.69. The molecule has 148 valence electrons. The fourth-order valence-electron chi connectivity index (χ4n) is 4.60. The van der Waals surface area contributed by atoms with E-state index in [-0.39, 0.29) is 0 Å². The van der Waals surface area contributed by atoms with Crippen LogP contribution in [-0.2, 0) is 0 Å². The smallest absolute Gasteiger partial charge is 0.0166 e. The minimum absolute atomic E-state index is 1.02. The fraction of sp³-hybridized carbons (Fsp3) is 0.172. The largest absolute Gasteiger partial charge is 0.299 e. The van der Waals surface area contributed by atoms with E-state index in [4.69, 9.17) is 0 Å². The van der Waals surface area contributed by atoms with E-state index in [2.05, 4.69) is 108 Å². The number of rotatable bonds is 3. The molecule has 0 amide bonds. The highest BCUT2D eigenvalue weighted by Crippen LogP contribution is 2.38. The first-order valence-electron chi connectivity index (χ1n) is 10.9. The highest BCUT2D eigenvalue weighted by atomic mass is 15.1. The minimum Gasteiger partial charge on any atom is -0.299 e. The van der Waals surface area contributed by atoms with Crippen LogP contribution in [-0.4, -0.2) is 24.5 Å². The molecule has 3 aromatic rings. The fourth-order valence-corrected chi connectivity index (χ4v) is 4.60. The normalized spacial score (nSPS) is 16.4. The van der Waals surface area contributed by atoms with Gasteiger partial charge in [0.2, 0.25) is 0 Å². The van der Waals surface area contributed by atoms with Gasteiger partial charge in [0.15, 0.2) is 0 Å². The molecule has 1 heterocycles. The van der Waals surface area contributed by atoms with Crippen LogP contribution in [0.3, 0.4) is 0 Å². The van der Waals surface area contributed by atoms with E-state index >= 15 is 0 Å². The van der Waals surface area contributed by atoms with Crippen LogP contribution in [0.2, 0.25) is 0 Å². The summed E-state index contributed by atoms with van der Waals surface area (Å²) in [6.07, 6.45) is 11.3. The summed E-state index contributed by atoms with van der Waals surface area (Å²) in [5.41, 5.74) is 9.75. The van der Waals surface area contributed by atoms with Gasteiger partial charge < -0.3 is 0 Å². The van der Waals surface area contributed by atoms with Gasteiger partial charge >= 0.3 is 0 Å². The van der Waals surface area contributed by atoms with Crippen molar-refractivity contribution in [2.75, 3.05) is 19.6 Å². The van der Waals surface area contributed by atoms with Gasteiger partial charge in [0.25, 0.3) is 0 Å². The van der Waals surface area contributed by atoms with Gasteiger partial charge in [0, 0.05) is 19.6 Å². The average molecular weight is 390 g/mol. The number of hydrogen-bond donors (Lipinski definition) is 0. The van der Waals surface area contributed by atoms with Crippen LogP contribution in [0.1, 0.15) is 40.7 Å². The Hall–Kier alpha value is -3.16. The number of fused-ring (bicyclic) bond motifs is 2. The quantitative estimate of drug-likeness (QED) is 0.373. The molecule has 2 aliphatic rings. The molecule has 1 fully saturated rings. The van der Waals surface area contributed by atoms with Gasteiger partial charge in [0.1, 0.15) is 0 Å². The van der Waals surface area contributed by atoms with E-state index in [1.807, 2.05) is 0 Å². The van der Waals surface area contributed by atoms with Crippen molar-refractivity contribution < 1.29 is 0 Å². The zero-order chi connectivity index (χ0) is 20.2. The predicted octanol–water partition coefficient (Wildman–Crippen LogP) is 6.78. The van der Waals surface area contributed by atoms with Crippen molar-refractivity contribution in [3.05, 3.63) is 118 Å². The van der Waals surface area contributed by atoms with E-state index in [0.717, 1.165) is 32.5 Å². The van der Waals surface area contributed by atoms with Crippen molar-refractivity contribution in [2.45, 2.75) is 12.8 Å². The molecule has 5 rings (SSSR count). The third-order valence-corrected chi connectivity index (χ3v) is 6.19. The molecule has 0 atom stereocenters. The van der Waals surface area contributed by atoms with Crippen molar-refractivity contribution in [3.8, 4) is 0 Å². The molecule has 3 aromatic carbocycles. The Morgan fingerprint density at radius 2 is 1.23 bits per heavy atom. The van der Waals surface area contributed by atoms with Crippen LogP contribution >= 0.6 is 0 Å². The molecule has 0 aromatic heterocycles. The summed E-state index contributed by atoms with van der Waals surface area (Å²) in [7, 11) is 0. The third-order valence-electron chi connectivity index (χ3n) is 6.19. The zero-order valence-electron chi connectivity index (χ0n) is 17.3. The van der Waals surface area contributed by atoms with E-state index < -0.39 is 0 Å². The number of hydrogen-bond acceptors (Lipinski definition) is 1. The monoisotopic (exact) mass is 389 g/mol. The summed E-state index contributed by atoms with van der Waals surface area (Å²) in [6.45, 7) is 3.26. The highest BCUT2D eigenvalue weighted by molar-refractivity contribution is 5.94. The van der Waals surface area contributed by atoms with Crippen LogP contribution in [0.15, 0.2) is 90.5 Å². The van der Waals surface area contributed by atoms with E-state index in [1.54, 1.807) is 5.57 Å². The second-order valence-corrected chi connectivity index (χ2v) is 8.10. The Balaban J connectivity index is 1.39. The Bertz CT molecular complexity index is 1060. The van der Waals surface area contributed by atoms with Crippen molar-refractivity contribution in [2.24, 2.45) is 0 Å². The summed E-state index contributed by atoms with van der Waals surface area (Å²) in [4.78, 5) is 2.57. The molecular weight excluding hydrogens is 362 g/mol. The first kappa shape index (κ1) is 18.8. The molecular formula is C29H27N. The summed E-state index contributed by atoms with van der Waals surface area (Å²) < 4.78 is 0. The van der Waals surface area contributed by atoms with Gasteiger partial charge in [-0.25, -0.2) is 0 Å². The Labute approximate surface area is 179 Å². The maximum atomic E-state index is 2.57. The maximum absolute atomic E-state index is 2.57.